The zero-order chi connectivity index (χ0) is 13.1. The average Bonchev–Trinajstić information content (AvgIpc) is 2.36. The smallest absolute Gasteiger partial charge is 0.311 e. The van der Waals surface area contributed by atoms with Gasteiger partial charge in [-0.25, -0.2) is 13.8 Å². The van der Waals surface area contributed by atoms with Crippen molar-refractivity contribution in [1.82, 2.24) is 4.98 Å². The fourth-order valence-corrected chi connectivity index (χ4v) is 1.66. The molecule has 0 fully saturated rings. The molecule has 2 aromatic rings. The number of fused-ring (bicyclic) bond motifs is 1. The third-order valence-corrected chi connectivity index (χ3v) is 2.46. The van der Waals surface area contributed by atoms with E-state index in [4.69, 9.17) is 0 Å². The number of aromatic nitrogens is 1. The minimum Gasteiger partial charge on any atom is -0.466 e. The summed E-state index contributed by atoms with van der Waals surface area (Å²) in [5, 5.41) is 0.0996. The summed E-state index contributed by atoms with van der Waals surface area (Å²) in [6.07, 6.45) is -0.374. The Hall–Kier alpha value is -2.04. The lowest BCUT2D eigenvalue weighted by atomic mass is 10.1. The number of benzene rings is 1. The Bertz CT molecular complexity index is 599. The molecular weight excluding hydrogens is 240 g/mol. The SMILES string of the molecule is CCOC(=O)Cc1nc2ccccc2c(F)c1F. The minimum absolute atomic E-state index is 0.0996. The van der Waals surface area contributed by atoms with Crippen LogP contribution < -0.4 is 0 Å². The number of nitrogens with zero attached hydrogens (tertiary/aromatic N) is 1. The molecule has 0 radical (unpaired) electrons. The van der Waals surface area contributed by atoms with Gasteiger partial charge in [-0.05, 0) is 19.1 Å². The van der Waals surface area contributed by atoms with Gasteiger partial charge in [-0.3, -0.25) is 4.79 Å². The van der Waals surface area contributed by atoms with Crippen LogP contribution in [-0.4, -0.2) is 17.6 Å². The number of carbonyl (C=O) groups excluding carboxylic acids is 1. The van der Waals surface area contributed by atoms with E-state index in [2.05, 4.69) is 9.72 Å². The minimum atomic E-state index is -1.10. The summed E-state index contributed by atoms with van der Waals surface area (Å²) in [5.41, 5.74) is 0.0837. The second kappa shape index (κ2) is 5.08. The maximum Gasteiger partial charge on any atom is 0.311 e. The zero-order valence-corrected chi connectivity index (χ0v) is 9.74. The van der Waals surface area contributed by atoms with E-state index in [0.29, 0.717) is 5.52 Å². The molecule has 5 heteroatoms. The van der Waals surface area contributed by atoms with Gasteiger partial charge in [0.2, 0.25) is 0 Å². The summed E-state index contributed by atoms with van der Waals surface area (Å²) in [5.74, 6) is -2.71. The Morgan fingerprint density at radius 3 is 2.72 bits per heavy atom. The first-order valence-corrected chi connectivity index (χ1v) is 5.51. The lowest BCUT2D eigenvalue weighted by Gasteiger charge is -2.06. The Balaban J connectivity index is 2.45. The summed E-state index contributed by atoms with van der Waals surface area (Å²) in [7, 11) is 0. The topological polar surface area (TPSA) is 39.2 Å². The molecule has 2 rings (SSSR count). The van der Waals surface area contributed by atoms with E-state index in [0.717, 1.165) is 0 Å². The van der Waals surface area contributed by atoms with Gasteiger partial charge in [0.25, 0.3) is 0 Å². The molecule has 0 atom stereocenters. The molecule has 3 nitrogen and oxygen atoms in total. The number of pyridine rings is 1. The van der Waals surface area contributed by atoms with Crippen LogP contribution in [0.5, 0.6) is 0 Å². The molecule has 1 aromatic heterocycles. The van der Waals surface area contributed by atoms with Crippen molar-refractivity contribution >= 4 is 16.9 Å². The van der Waals surface area contributed by atoms with Crippen LogP contribution in [-0.2, 0) is 16.0 Å². The molecule has 18 heavy (non-hydrogen) atoms. The van der Waals surface area contributed by atoms with Crippen LogP contribution in [0.25, 0.3) is 10.9 Å². The number of para-hydroxylation sites is 1. The van der Waals surface area contributed by atoms with Gasteiger partial charge in [0.1, 0.15) is 0 Å². The first-order chi connectivity index (χ1) is 8.63. The van der Waals surface area contributed by atoms with Gasteiger partial charge >= 0.3 is 5.97 Å². The molecule has 1 heterocycles. The zero-order valence-electron chi connectivity index (χ0n) is 9.74. The maximum atomic E-state index is 13.7. The van der Waals surface area contributed by atoms with Crippen LogP contribution in [0, 0.1) is 11.6 Å². The molecule has 0 aliphatic rings. The Kier molecular flexibility index (Phi) is 3.50. The van der Waals surface area contributed by atoms with Crippen molar-refractivity contribution in [2.45, 2.75) is 13.3 Å². The van der Waals surface area contributed by atoms with Gasteiger partial charge in [0.05, 0.1) is 24.2 Å². The number of hydrogen-bond acceptors (Lipinski definition) is 3. The van der Waals surface area contributed by atoms with Crippen LogP contribution in [0.4, 0.5) is 8.78 Å². The van der Waals surface area contributed by atoms with Crippen molar-refractivity contribution in [3.63, 3.8) is 0 Å². The maximum absolute atomic E-state index is 13.7. The van der Waals surface area contributed by atoms with E-state index < -0.39 is 17.6 Å². The Morgan fingerprint density at radius 1 is 1.28 bits per heavy atom. The third-order valence-electron chi connectivity index (χ3n) is 2.46. The molecule has 0 unspecified atom stereocenters. The molecule has 0 amide bonds. The number of esters is 1. The predicted molar refractivity (Wildman–Crippen MR) is 62.0 cm³/mol. The van der Waals surface area contributed by atoms with E-state index in [-0.39, 0.29) is 24.1 Å². The fourth-order valence-electron chi connectivity index (χ4n) is 1.66. The number of carbonyl (C=O) groups is 1. The summed E-state index contributed by atoms with van der Waals surface area (Å²) < 4.78 is 32.1. The lowest BCUT2D eigenvalue weighted by molar-refractivity contribution is -0.142. The first kappa shape index (κ1) is 12.4. The van der Waals surface area contributed by atoms with Crippen molar-refractivity contribution in [3.8, 4) is 0 Å². The normalized spacial score (nSPS) is 10.6. The summed E-state index contributed by atoms with van der Waals surface area (Å²) in [4.78, 5) is 15.2. The number of rotatable bonds is 3. The molecule has 0 saturated heterocycles. The van der Waals surface area contributed by atoms with Gasteiger partial charge in [0.15, 0.2) is 11.6 Å². The van der Waals surface area contributed by atoms with Crippen LogP contribution in [0.3, 0.4) is 0 Å². The van der Waals surface area contributed by atoms with Crippen LogP contribution >= 0.6 is 0 Å². The van der Waals surface area contributed by atoms with E-state index in [1.807, 2.05) is 0 Å². The molecule has 0 saturated carbocycles. The highest BCUT2D eigenvalue weighted by Gasteiger charge is 2.17. The van der Waals surface area contributed by atoms with Crippen molar-refractivity contribution < 1.29 is 18.3 Å². The highest BCUT2D eigenvalue weighted by molar-refractivity contribution is 5.80. The van der Waals surface area contributed by atoms with Gasteiger partial charge in [-0.15, -0.1) is 0 Å². The highest BCUT2D eigenvalue weighted by atomic mass is 19.2. The van der Waals surface area contributed by atoms with Gasteiger partial charge in [-0.1, -0.05) is 12.1 Å². The molecule has 94 valence electrons. The molecule has 0 spiro atoms. The summed E-state index contributed by atoms with van der Waals surface area (Å²) >= 11 is 0. The third kappa shape index (κ3) is 2.30. The Morgan fingerprint density at radius 2 is 2.00 bits per heavy atom. The van der Waals surface area contributed by atoms with Crippen molar-refractivity contribution in [2.75, 3.05) is 6.61 Å². The second-order valence-electron chi connectivity index (χ2n) is 3.69. The molecule has 0 aliphatic heterocycles. The highest BCUT2D eigenvalue weighted by Crippen LogP contribution is 2.21. The molecule has 0 N–H and O–H groups in total. The van der Waals surface area contributed by atoms with Gasteiger partial charge in [-0.2, -0.15) is 0 Å². The van der Waals surface area contributed by atoms with Crippen molar-refractivity contribution in [1.29, 1.82) is 0 Å². The van der Waals surface area contributed by atoms with Crippen LogP contribution in [0.2, 0.25) is 0 Å². The van der Waals surface area contributed by atoms with E-state index in [1.165, 1.54) is 6.07 Å². The quantitative estimate of drug-likeness (QED) is 0.787. The molecule has 0 bridgehead atoms. The second-order valence-corrected chi connectivity index (χ2v) is 3.69. The standard InChI is InChI=1S/C13H11F2NO2/c1-2-18-11(17)7-10-13(15)12(14)8-5-3-4-6-9(8)16-10/h3-6H,2,7H2,1H3. The largest absolute Gasteiger partial charge is 0.466 e. The number of halogens is 2. The van der Waals surface area contributed by atoms with E-state index in [9.17, 15) is 13.6 Å². The van der Waals surface area contributed by atoms with Gasteiger partial charge < -0.3 is 4.74 Å². The summed E-state index contributed by atoms with van der Waals surface area (Å²) in [6, 6.07) is 6.26. The first-order valence-electron chi connectivity index (χ1n) is 5.51. The van der Waals surface area contributed by atoms with Crippen LogP contribution in [0.15, 0.2) is 24.3 Å². The van der Waals surface area contributed by atoms with Gasteiger partial charge in [0, 0.05) is 5.39 Å². The molecular formula is C13H11F2NO2. The predicted octanol–water partition coefficient (Wildman–Crippen LogP) is 2.62. The van der Waals surface area contributed by atoms with E-state index >= 15 is 0 Å². The molecule has 1 aromatic carbocycles. The number of hydrogen-bond donors (Lipinski definition) is 0. The van der Waals surface area contributed by atoms with Crippen molar-refractivity contribution in [3.05, 3.63) is 41.6 Å². The lowest BCUT2D eigenvalue weighted by Crippen LogP contribution is -2.11. The van der Waals surface area contributed by atoms with Crippen LogP contribution in [0.1, 0.15) is 12.6 Å². The molecule has 0 aliphatic carbocycles. The van der Waals surface area contributed by atoms with E-state index in [1.54, 1.807) is 25.1 Å². The van der Waals surface area contributed by atoms with Crippen molar-refractivity contribution in [2.24, 2.45) is 0 Å². The summed E-state index contributed by atoms with van der Waals surface area (Å²) in [6.45, 7) is 1.83. The monoisotopic (exact) mass is 251 g/mol. The number of ether oxygens (including phenoxy) is 1. The fraction of sp³-hybridized carbons (Fsp3) is 0.231. The Labute approximate surface area is 102 Å². The average molecular weight is 251 g/mol.